The quantitative estimate of drug-likeness (QED) is 0.391. The van der Waals surface area contributed by atoms with E-state index in [-0.39, 0.29) is 5.91 Å². The molecule has 5 nitrogen and oxygen atoms in total. The monoisotopic (exact) mass is 405 g/mol. The summed E-state index contributed by atoms with van der Waals surface area (Å²) in [5.74, 6) is 1.97. The van der Waals surface area contributed by atoms with Crippen LogP contribution < -0.4 is 10.1 Å². The fourth-order valence-electron chi connectivity index (χ4n) is 3.50. The number of ether oxygens (including phenoxy) is 1. The minimum Gasteiger partial charge on any atom is -0.493 e. The van der Waals surface area contributed by atoms with Crippen LogP contribution in [0.5, 0.6) is 5.75 Å². The minimum atomic E-state index is -0.0467. The van der Waals surface area contributed by atoms with Crippen molar-refractivity contribution in [3.05, 3.63) is 71.6 Å². The lowest BCUT2D eigenvalue weighted by Crippen LogP contribution is -2.22. The van der Waals surface area contributed by atoms with Crippen LogP contribution in [0.3, 0.4) is 0 Å². The highest BCUT2D eigenvalue weighted by Gasteiger charge is 2.10. The Morgan fingerprint density at radius 3 is 2.83 bits per heavy atom. The second-order valence-corrected chi connectivity index (χ2v) is 7.53. The Labute approximate surface area is 178 Å². The van der Waals surface area contributed by atoms with E-state index in [4.69, 9.17) is 9.72 Å². The Morgan fingerprint density at radius 2 is 2.00 bits per heavy atom. The first-order valence-electron chi connectivity index (χ1n) is 10.6. The highest BCUT2D eigenvalue weighted by Crippen LogP contribution is 2.20. The molecule has 0 radical (unpaired) electrons. The number of aromatic nitrogens is 2. The predicted octanol–water partition coefficient (Wildman–Crippen LogP) is 4.75. The maximum Gasteiger partial charge on any atom is 0.243 e. The van der Waals surface area contributed by atoms with Crippen LogP contribution in [0.25, 0.3) is 11.0 Å². The molecule has 1 N–H and O–H groups in total. The highest BCUT2D eigenvalue weighted by atomic mass is 16.5. The van der Waals surface area contributed by atoms with Gasteiger partial charge in [0.05, 0.1) is 17.6 Å². The molecule has 0 spiro atoms. The summed E-state index contributed by atoms with van der Waals surface area (Å²) in [6.07, 6.45) is 5.87. The number of nitrogens with zero attached hydrogens (tertiary/aromatic N) is 2. The van der Waals surface area contributed by atoms with Crippen molar-refractivity contribution in [2.45, 2.75) is 46.6 Å². The van der Waals surface area contributed by atoms with Gasteiger partial charge in [-0.2, -0.15) is 0 Å². The number of hydrogen-bond acceptors (Lipinski definition) is 3. The fourth-order valence-corrected chi connectivity index (χ4v) is 3.50. The van der Waals surface area contributed by atoms with Gasteiger partial charge < -0.3 is 14.6 Å². The molecule has 158 valence electrons. The average molecular weight is 406 g/mol. The molecule has 1 aromatic heterocycles. The van der Waals surface area contributed by atoms with Crippen LogP contribution in [0.2, 0.25) is 0 Å². The first-order valence-corrected chi connectivity index (χ1v) is 10.6. The molecule has 0 aliphatic carbocycles. The third-order valence-corrected chi connectivity index (χ3v) is 5.06. The minimum absolute atomic E-state index is 0.0467. The van der Waals surface area contributed by atoms with E-state index < -0.39 is 0 Å². The van der Waals surface area contributed by atoms with Gasteiger partial charge in [0.15, 0.2) is 0 Å². The molecule has 3 rings (SSSR count). The van der Waals surface area contributed by atoms with Crippen LogP contribution in [0.1, 0.15) is 36.7 Å². The van der Waals surface area contributed by atoms with E-state index in [1.807, 2.05) is 19.1 Å². The summed E-state index contributed by atoms with van der Waals surface area (Å²) in [6, 6.07) is 14.5. The summed E-state index contributed by atoms with van der Waals surface area (Å²) < 4.78 is 8.32. The molecule has 1 heterocycles. The molecule has 2 aromatic carbocycles. The Hall–Kier alpha value is -3.08. The number of hydrogen-bond donors (Lipinski definition) is 1. The number of carbonyl (C=O) groups is 1. The van der Waals surface area contributed by atoms with Gasteiger partial charge in [-0.15, -0.1) is 0 Å². The van der Waals surface area contributed by atoms with Crippen molar-refractivity contribution in [2.75, 3.05) is 13.2 Å². The first kappa shape index (κ1) is 21.6. The average Bonchev–Trinajstić information content (AvgIpc) is 3.08. The lowest BCUT2D eigenvalue weighted by molar-refractivity contribution is -0.116. The second-order valence-electron chi connectivity index (χ2n) is 7.53. The molecule has 0 aliphatic rings. The smallest absolute Gasteiger partial charge is 0.243 e. The van der Waals surface area contributed by atoms with Gasteiger partial charge in [0.2, 0.25) is 5.91 Å². The van der Waals surface area contributed by atoms with Crippen molar-refractivity contribution in [1.82, 2.24) is 14.9 Å². The molecule has 1 amide bonds. The molecule has 0 unspecified atom stereocenters. The molecule has 0 saturated heterocycles. The lowest BCUT2D eigenvalue weighted by atomic mass is 10.1. The molecule has 30 heavy (non-hydrogen) atoms. The van der Waals surface area contributed by atoms with E-state index in [9.17, 15) is 4.79 Å². The third-order valence-electron chi connectivity index (χ3n) is 5.06. The summed E-state index contributed by atoms with van der Waals surface area (Å²) in [4.78, 5) is 16.4. The number of para-hydroxylation sites is 2. The van der Waals surface area contributed by atoms with E-state index >= 15 is 0 Å². The van der Waals surface area contributed by atoms with Gasteiger partial charge >= 0.3 is 0 Å². The number of nitrogens with one attached hydrogen (secondary N) is 1. The number of allylic oxidation sites excluding steroid dienone is 1. The zero-order chi connectivity index (χ0) is 21.3. The lowest BCUT2D eigenvalue weighted by Gasteiger charge is -2.12. The standard InChI is InChI=1S/C25H31N3O2/c1-4-9-25(29)26-15-7-12-24-27-21-10-5-6-11-22(21)28(24)16-8-17-30-23-18-19(2)13-14-20(23)3/h4-6,9-11,13-14,18H,7-8,12,15-17H2,1-3H3,(H,26,29)/b9-4-. The van der Waals surface area contributed by atoms with Crippen LogP contribution >= 0.6 is 0 Å². The Kier molecular flexibility index (Phi) is 7.66. The Bertz CT molecular complexity index is 1020. The van der Waals surface area contributed by atoms with E-state index in [1.165, 1.54) is 5.56 Å². The molecule has 5 heteroatoms. The van der Waals surface area contributed by atoms with Gasteiger partial charge in [-0.3, -0.25) is 4.79 Å². The molecule has 0 atom stereocenters. The number of benzene rings is 2. The predicted molar refractivity (Wildman–Crippen MR) is 122 cm³/mol. The van der Waals surface area contributed by atoms with E-state index in [0.717, 1.165) is 54.0 Å². The van der Waals surface area contributed by atoms with Gasteiger partial charge in [0.1, 0.15) is 11.6 Å². The fraction of sp³-hybridized carbons (Fsp3) is 0.360. The van der Waals surface area contributed by atoms with Crippen molar-refractivity contribution < 1.29 is 9.53 Å². The van der Waals surface area contributed by atoms with Crippen LogP contribution in [0.15, 0.2) is 54.6 Å². The molecule has 3 aromatic rings. The number of carbonyl (C=O) groups excluding carboxylic acids is 1. The highest BCUT2D eigenvalue weighted by molar-refractivity contribution is 5.87. The van der Waals surface area contributed by atoms with Crippen LogP contribution in [-0.2, 0) is 17.8 Å². The molecule has 0 aliphatic heterocycles. The summed E-state index contributed by atoms with van der Waals surface area (Å²) in [5, 5.41) is 2.90. The van der Waals surface area contributed by atoms with Crippen molar-refractivity contribution in [3.63, 3.8) is 0 Å². The topological polar surface area (TPSA) is 56.2 Å². The summed E-state index contributed by atoms with van der Waals surface area (Å²) >= 11 is 0. The molecule has 0 saturated carbocycles. The van der Waals surface area contributed by atoms with Crippen molar-refractivity contribution in [1.29, 1.82) is 0 Å². The van der Waals surface area contributed by atoms with Gasteiger partial charge in [-0.25, -0.2) is 4.98 Å². The summed E-state index contributed by atoms with van der Waals surface area (Å²) in [5.41, 5.74) is 4.53. The van der Waals surface area contributed by atoms with Gasteiger partial charge in [0.25, 0.3) is 0 Å². The Balaban J connectivity index is 1.60. The first-order chi connectivity index (χ1) is 14.6. The van der Waals surface area contributed by atoms with Gasteiger partial charge in [-0.05, 0) is 69.0 Å². The zero-order valence-electron chi connectivity index (χ0n) is 18.1. The van der Waals surface area contributed by atoms with Crippen molar-refractivity contribution in [2.24, 2.45) is 0 Å². The number of amides is 1. The Morgan fingerprint density at radius 1 is 1.17 bits per heavy atom. The number of aryl methyl sites for hydroxylation is 4. The van der Waals surface area contributed by atoms with Crippen molar-refractivity contribution >= 4 is 16.9 Å². The van der Waals surface area contributed by atoms with Crippen LogP contribution in [-0.4, -0.2) is 28.6 Å². The van der Waals surface area contributed by atoms with Gasteiger partial charge in [0, 0.05) is 19.5 Å². The van der Waals surface area contributed by atoms with E-state index in [0.29, 0.717) is 13.2 Å². The summed E-state index contributed by atoms with van der Waals surface area (Å²) in [7, 11) is 0. The number of imidazole rings is 1. The third kappa shape index (κ3) is 5.72. The number of fused-ring (bicyclic) bond motifs is 1. The zero-order valence-corrected chi connectivity index (χ0v) is 18.1. The van der Waals surface area contributed by atoms with Crippen LogP contribution in [0.4, 0.5) is 0 Å². The molecular formula is C25H31N3O2. The van der Waals surface area contributed by atoms with Crippen molar-refractivity contribution in [3.8, 4) is 5.75 Å². The SMILES string of the molecule is C/C=C\C(=O)NCCCc1nc2ccccc2n1CCCOc1cc(C)ccc1C. The maximum atomic E-state index is 11.6. The van der Waals surface area contributed by atoms with Crippen LogP contribution in [0, 0.1) is 13.8 Å². The molecule has 0 bridgehead atoms. The molecule has 0 fully saturated rings. The largest absolute Gasteiger partial charge is 0.493 e. The normalized spacial score (nSPS) is 11.3. The van der Waals surface area contributed by atoms with E-state index in [1.54, 1.807) is 12.2 Å². The van der Waals surface area contributed by atoms with Gasteiger partial charge in [-0.1, -0.05) is 30.3 Å². The van der Waals surface area contributed by atoms with E-state index in [2.05, 4.69) is 54.1 Å². The molecular weight excluding hydrogens is 374 g/mol. The number of rotatable bonds is 10. The second kappa shape index (κ2) is 10.6. The summed E-state index contributed by atoms with van der Waals surface area (Å²) in [6.45, 7) is 8.15. The maximum absolute atomic E-state index is 11.6.